The van der Waals surface area contributed by atoms with Crippen LogP contribution in [0.3, 0.4) is 0 Å². The molecule has 0 spiro atoms. The molecule has 4 nitrogen and oxygen atoms in total. The van der Waals surface area contributed by atoms with E-state index < -0.39 is 0 Å². The van der Waals surface area contributed by atoms with E-state index in [1.54, 1.807) is 0 Å². The summed E-state index contributed by atoms with van der Waals surface area (Å²) >= 11 is 0. The highest BCUT2D eigenvalue weighted by atomic mass is 15.2. The zero-order chi connectivity index (χ0) is 12.4. The van der Waals surface area contributed by atoms with Gasteiger partial charge in [0.05, 0.1) is 6.04 Å². The van der Waals surface area contributed by atoms with Gasteiger partial charge in [-0.3, -0.25) is 5.10 Å². The number of hydrogen-bond donors (Lipinski definition) is 2. The fourth-order valence-electron chi connectivity index (χ4n) is 2.09. The van der Waals surface area contributed by atoms with Crippen LogP contribution < -0.4 is 5.73 Å². The van der Waals surface area contributed by atoms with Gasteiger partial charge in [-0.15, -0.1) is 0 Å². The number of aromatic nitrogens is 3. The second-order valence-electron chi connectivity index (χ2n) is 4.98. The molecule has 1 heterocycles. The van der Waals surface area contributed by atoms with Crippen LogP contribution >= 0.6 is 0 Å². The summed E-state index contributed by atoms with van der Waals surface area (Å²) < 4.78 is 0. The third-order valence-electron chi connectivity index (χ3n) is 3.40. The van der Waals surface area contributed by atoms with E-state index in [2.05, 4.69) is 39.4 Å². The first-order chi connectivity index (χ1) is 8.83. The first kappa shape index (κ1) is 11.4. The first-order valence-electron chi connectivity index (χ1n) is 6.54. The molecule has 1 fully saturated rings. The van der Waals surface area contributed by atoms with Gasteiger partial charge in [0.2, 0.25) is 0 Å². The average Bonchev–Trinajstić information content (AvgIpc) is 3.15. The third kappa shape index (κ3) is 2.59. The van der Waals surface area contributed by atoms with Gasteiger partial charge in [-0.25, -0.2) is 4.98 Å². The lowest BCUT2D eigenvalue weighted by Gasteiger charge is -2.07. The van der Waals surface area contributed by atoms with Crippen molar-refractivity contribution >= 4 is 0 Å². The zero-order valence-corrected chi connectivity index (χ0v) is 10.3. The van der Waals surface area contributed by atoms with E-state index in [4.69, 9.17) is 5.73 Å². The van der Waals surface area contributed by atoms with Crippen molar-refractivity contribution in [2.45, 2.75) is 37.6 Å². The summed E-state index contributed by atoms with van der Waals surface area (Å²) in [5.41, 5.74) is 7.44. The van der Waals surface area contributed by atoms with Crippen LogP contribution in [0.25, 0.3) is 0 Å². The van der Waals surface area contributed by atoms with Gasteiger partial charge >= 0.3 is 0 Å². The Bertz CT molecular complexity index is 502. The number of hydrogen-bond acceptors (Lipinski definition) is 3. The quantitative estimate of drug-likeness (QED) is 0.845. The van der Waals surface area contributed by atoms with Crippen LogP contribution in [0.1, 0.15) is 48.4 Å². The lowest BCUT2D eigenvalue weighted by Crippen LogP contribution is -2.13. The molecule has 0 amide bonds. The molecule has 1 saturated carbocycles. The van der Waals surface area contributed by atoms with Gasteiger partial charge < -0.3 is 5.73 Å². The topological polar surface area (TPSA) is 67.6 Å². The molecule has 94 valence electrons. The molecule has 1 aromatic carbocycles. The minimum Gasteiger partial charge on any atom is -0.321 e. The van der Waals surface area contributed by atoms with Crippen molar-refractivity contribution in [1.29, 1.82) is 0 Å². The van der Waals surface area contributed by atoms with Crippen molar-refractivity contribution in [2.75, 3.05) is 0 Å². The molecule has 0 saturated heterocycles. The summed E-state index contributed by atoms with van der Waals surface area (Å²) in [6.07, 6.45) is 4.31. The molecule has 18 heavy (non-hydrogen) atoms. The van der Waals surface area contributed by atoms with Gasteiger partial charge in [-0.1, -0.05) is 30.3 Å². The predicted octanol–water partition coefficient (Wildman–Crippen LogP) is 2.31. The largest absolute Gasteiger partial charge is 0.321 e. The molecule has 1 unspecified atom stereocenters. The molecule has 0 radical (unpaired) electrons. The van der Waals surface area contributed by atoms with Crippen molar-refractivity contribution in [2.24, 2.45) is 5.73 Å². The summed E-state index contributed by atoms with van der Waals surface area (Å²) in [6, 6.07) is 10.3. The van der Waals surface area contributed by atoms with E-state index in [1.807, 2.05) is 6.07 Å². The fraction of sp³-hybridized carbons (Fsp3) is 0.429. The van der Waals surface area contributed by atoms with E-state index in [0.29, 0.717) is 5.92 Å². The highest BCUT2D eigenvalue weighted by Gasteiger charge is 2.27. The monoisotopic (exact) mass is 242 g/mol. The molecular weight excluding hydrogens is 224 g/mol. The van der Waals surface area contributed by atoms with Gasteiger partial charge in [-0.2, -0.15) is 5.10 Å². The molecule has 1 aromatic heterocycles. The van der Waals surface area contributed by atoms with Crippen LogP contribution in [0.5, 0.6) is 0 Å². The van der Waals surface area contributed by atoms with E-state index >= 15 is 0 Å². The first-order valence-corrected chi connectivity index (χ1v) is 6.54. The number of H-pyrrole nitrogens is 1. The normalized spacial score (nSPS) is 16.7. The SMILES string of the molecule is NC(CCc1ccccc1)c1n[nH]c(C2CC2)n1. The molecule has 0 aliphatic heterocycles. The number of aryl methyl sites for hydroxylation is 1. The van der Waals surface area contributed by atoms with Crippen LogP contribution in [0.2, 0.25) is 0 Å². The Morgan fingerprint density at radius 2 is 2.06 bits per heavy atom. The van der Waals surface area contributed by atoms with Crippen LogP contribution in [0, 0.1) is 0 Å². The number of rotatable bonds is 5. The Morgan fingerprint density at radius 3 is 2.78 bits per heavy atom. The number of aromatic amines is 1. The smallest absolute Gasteiger partial charge is 0.167 e. The Hall–Kier alpha value is -1.68. The van der Waals surface area contributed by atoms with E-state index in [0.717, 1.165) is 24.5 Å². The average molecular weight is 242 g/mol. The van der Waals surface area contributed by atoms with E-state index in [-0.39, 0.29) is 6.04 Å². The maximum absolute atomic E-state index is 6.13. The highest BCUT2D eigenvalue weighted by molar-refractivity contribution is 5.15. The van der Waals surface area contributed by atoms with E-state index in [1.165, 1.54) is 18.4 Å². The summed E-state index contributed by atoms with van der Waals surface area (Å²) in [4.78, 5) is 4.49. The van der Waals surface area contributed by atoms with Gasteiger partial charge in [0.15, 0.2) is 5.82 Å². The van der Waals surface area contributed by atoms with Crippen molar-refractivity contribution in [3.05, 3.63) is 47.5 Å². The number of nitrogens with two attached hydrogens (primary N) is 1. The predicted molar refractivity (Wildman–Crippen MR) is 70.0 cm³/mol. The second-order valence-corrected chi connectivity index (χ2v) is 4.98. The lowest BCUT2D eigenvalue weighted by molar-refractivity contribution is 0.614. The zero-order valence-electron chi connectivity index (χ0n) is 10.3. The summed E-state index contributed by atoms with van der Waals surface area (Å²) in [5, 5.41) is 7.23. The molecule has 0 bridgehead atoms. The van der Waals surface area contributed by atoms with Gasteiger partial charge in [0, 0.05) is 5.92 Å². The Kier molecular flexibility index (Phi) is 3.11. The molecule has 1 atom stereocenters. The third-order valence-corrected chi connectivity index (χ3v) is 3.40. The van der Waals surface area contributed by atoms with Crippen molar-refractivity contribution < 1.29 is 0 Å². The Labute approximate surface area is 107 Å². The van der Waals surface area contributed by atoms with E-state index in [9.17, 15) is 0 Å². The Balaban J connectivity index is 1.58. The Morgan fingerprint density at radius 1 is 1.28 bits per heavy atom. The van der Waals surface area contributed by atoms with Crippen molar-refractivity contribution in [3.63, 3.8) is 0 Å². The van der Waals surface area contributed by atoms with Gasteiger partial charge in [0.25, 0.3) is 0 Å². The van der Waals surface area contributed by atoms with Crippen LogP contribution in [0.4, 0.5) is 0 Å². The molecule has 2 aromatic rings. The summed E-state index contributed by atoms with van der Waals surface area (Å²) in [5.74, 6) is 2.38. The number of nitrogens with zero attached hydrogens (tertiary/aromatic N) is 2. The molecule has 3 rings (SSSR count). The van der Waals surface area contributed by atoms with Crippen molar-refractivity contribution in [3.8, 4) is 0 Å². The van der Waals surface area contributed by atoms with Gasteiger partial charge in [0.1, 0.15) is 5.82 Å². The second kappa shape index (κ2) is 4.90. The minimum absolute atomic E-state index is 0.0750. The fourth-order valence-corrected chi connectivity index (χ4v) is 2.09. The highest BCUT2D eigenvalue weighted by Crippen LogP contribution is 2.38. The maximum Gasteiger partial charge on any atom is 0.167 e. The molecule has 3 N–H and O–H groups in total. The standard InChI is InChI=1S/C14H18N4/c15-12(9-6-10-4-2-1-3-5-10)14-16-13(17-18-14)11-7-8-11/h1-5,11-12H,6-9,15H2,(H,16,17,18). The summed E-state index contributed by atoms with van der Waals surface area (Å²) in [7, 11) is 0. The summed E-state index contributed by atoms with van der Waals surface area (Å²) in [6.45, 7) is 0. The molecular formula is C14H18N4. The molecule has 4 heteroatoms. The maximum atomic E-state index is 6.13. The van der Waals surface area contributed by atoms with Crippen LogP contribution in [-0.4, -0.2) is 15.2 Å². The van der Waals surface area contributed by atoms with Crippen LogP contribution in [-0.2, 0) is 6.42 Å². The number of benzene rings is 1. The molecule has 1 aliphatic rings. The van der Waals surface area contributed by atoms with Crippen LogP contribution in [0.15, 0.2) is 30.3 Å². The lowest BCUT2D eigenvalue weighted by atomic mass is 10.1. The van der Waals surface area contributed by atoms with Crippen molar-refractivity contribution in [1.82, 2.24) is 15.2 Å². The van der Waals surface area contributed by atoms with Gasteiger partial charge in [-0.05, 0) is 31.2 Å². The minimum atomic E-state index is -0.0750. The number of nitrogens with one attached hydrogen (secondary N) is 1. The molecule has 1 aliphatic carbocycles.